The molecule has 10 heteroatoms. The standard InChI is InChI=1S/C17H21N7O3/c1-10-15(27-12-5-3-4-11(8-12)17(25)26)7-6-13(20-10)16-14(9-19-22-18)24(2)23-21-16/h6-7,11-12H,3-5,8-9H2,1-2H3,(H,25,26). The van der Waals surface area contributed by atoms with Crippen LogP contribution >= 0.6 is 0 Å². The second kappa shape index (κ2) is 8.05. The van der Waals surface area contributed by atoms with E-state index in [1.807, 2.05) is 13.0 Å². The maximum atomic E-state index is 11.2. The van der Waals surface area contributed by atoms with E-state index in [-0.39, 0.29) is 18.6 Å². The van der Waals surface area contributed by atoms with Crippen LogP contribution in [0.5, 0.6) is 5.75 Å². The lowest BCUT2D eigenvalue weighted by molar-refractivity contribution is -0.143. The van der Waals surface area contributed by atoms with E-state index in [1.54, 1.807) is 17.8 Å². The number of carbonyl (C=O) groups is 1. The number of azide groups is 1. The van der Waals surface area contributed by atoms with E-state index in [2.05, 4.69) is 25.3 Å². The lowest BCUT2D eigenvalue weighted by atomic mass is 9.87. The second-order valence-electron chi connectivity index (χ2n) is 6.62. The van der Waals surface area contributed by atoms with Gasteiger partial charge in [-0.3, -0.25) is 9.48 Å². The number of pyridine rings is 1. The minimum atomic E-state index is -0.760. The van der Waals surface area contributed by atoms with Crippen LogP contribution in [0.4, 0.5) is 0 Å². The topological polar surface area (TPSA) is 139 Å². The third kappa shape index (κ3) is 4.17. The molecule has 1 N–H and O–H groups in total. The minimum absolute atomic E-state index is 0.122. The molecule has 0 bridgehead atoms. The summed E-state index contributed by atoms with van der Waals surface area (Å²) in [4.78, 5) is 18.5. The quantitative estimate of drug-likeness (QED) is 0.470. The molecule has 0 aliphatic heterocycles. The summed E-state index contributed by atoms with van der Waals surface area (Å²) in [5.41, 5.74) is 11.1. The first-order chi connectivity index (χ1) is 13.0. The molecule has 1 saturated carbocycles. The fourth-order valence-corrected chi connectivity index (χ4v) is 3.31. The molecule has 1 aliphatic carbocycles. The normalized spacial score (nSPS) is 19.3. The van der Waals surface area contributed by atoms with Crippen molar-refractivity contribution < 1.29 is 14.6 Å². The van der Waals surface area contributed by atoms with Gasteiger partial charge < -0.3 is 9.84 Å². The average Bonchev–Trinajstić information content (AvgIpc) is 3.02. The Morgan fingerprint density at radius 3 is 3.00 bits per heavy atom. The number of aryl methyl sites for hydroxylation is 2. The van der Waals surface area contributed by atoms with Crippen LogP contribution in [0.2, 0.25) is 0 Å². The van der Waals surface area contributed by atoms with Gasteiger partial charge in [-0.2, -0.15) is 0 Å². The third-order valence-electron chi connectivity index (χ3n) is 4.78. The van der Waals surface area contributed by atoms with Crippen LogP contribution in [0.25, 0.3) is 21.8 Å². The Morgan fingerprint density at radius 1 is 1.48 bits per heavy atom. The van der Waals surface area contributed by atoms with Gasteiger partial charge in [0.05, 0.1) is 35.6 Å². The zero-order valence-electron chi connectivity index (χ0n) is 15.2. The Balaban J connectivity index is 1.78. The Labute approximate surface area is 155 Å². The molecule has 1 fully saturated rings. The van der Waals surface area contributed by atoms with Crippen LogP contribution in [0.15, 0.2) is 17.2 Å². The molecule has 0 spiro atoms. The number of hydrogen-bond donors (Lipinski definition) is 1. The summed E-state index contributed by atoms with van der Waals surface area (Å²) < 4.78 is 7.58. The minimum Gasteiger partial charge on any atom is -0.489 e. The van der Waals surface area contributed by atoms with Gasteiger partial charge in [-0.15, -0.1) is 5.10 Å². The van der Waals surface area contributed by atoms with E-state index in [4.69, 9.17) is 10.3 Å². The molecule has 2 unspecified atom stereocenters. The first kappa shape index (κ1) is 18.7. The molecule has 2 atom stereocenters. The number of carboxylic acid groups (broad SMARTS) is 1. The molecule has 0 saturated heterocycles. The molecule has 27 heavy (non-hydrogen) atoms. The largest absolute Gasteiger partial charge is 0.489 e. The molecule has 0 amide bonds. The van der Waals surface area contributed by atoms with E-state index in [0.717, 1.165) is 12.8 Å². The molecule has 2 aromatic rings. The Hall–Kier alpha value is -3.13. The summed E-state index contributed by atoms with van der Waals surface area (Å²) in [6.45, 7) is 1.97. The van der Waals surface area contributed by atoms with Crippen LogP contribution < -0.4 is 4.74 Å². The zero-order valence-corrected chi connectivity index (χ0v) is 15.2. The number of aromatic nitrogens is 4. The van der Waals surface area contributed by atoms with Crippen molar-refractivity contribution in [2.24, 2.45) is 18.1 Å². The maximum absolute atomic E-state index is 11.2. The highest BCUT2D eigenvalue weighted by Crippen LogP contribution is 2.30. The first-order valence-corrected chi connectivity index (χ1v) is 8.76. The van der Waals surface area contributed by atoms with Gasteiger partial charge >= 0.3 is 5.97 Å². The molecular formula is C17H21N7O3. The predicted octanol–water partition coefficient (Wildman–Crippen LogP) is 3.02. The van der Waals surface area contributed by atoms with Crippen molar-refractivity contribution in [2.45, 2.75) is 45.3 Å². The van der Waals surface area contributed by atoms with Crippen molar-refractivity contribution in [3.63, 3.8) is 0 Å². The molecular weight excluding hydrogens is 350 g/mol. The lowest BCUT2D eigenvalue weighted by Gasteiger charge is -2.27. The van der Waals surface area contributed by atoms with Crippen LogP contribution in [0.1, 0.15) is 37.1 Å². The van der Waals surface area contributed by atoms with Crippen molar-refractivity contribution >= 4 is 5.97 Å². The highest BCUT2D eigenvalue weighted by molar-refractivity contribution is 5.70. The molecule has 142 valence electrons. The van der Waals surface area contributed by atoms with Crippen LogP contribution in [-0.2, 0) is 18.4 Å². The SMILES string of the molecule is Cc1nc(-c2nnn(C)c2CN=[N+]=[N-])ccc1OC1CCCC(C(=O)O)C1. The molecule has 2 heterocycles. The fraction of sp³-hybridized carbons (Fsp3) is 0.529. The summed E-state index contributed by atoms with van der Waals surface area (Å²) in [5.74, 6) is -0.474. The molecule has 10 nitrogen and oxygen atoms in total. The highest BCUT2D eigenvalue weighted by atomic mass is 16.5. The van der Waals surface area contributed by atoms with Crippen molar-refractivity contribution in [3.05, 3.63) is 34.0 Å². The van der Waals surface area contributed by atoms with Gasteiger partial charge in [-0.25, -0.2) is 4.98 Å². The second-order valence-corrected chi connectivity index (χ2v) is 6.62. The van der Waals surface area contributed by atoms with Gasteiger partial charge in [0.2, 0.25) is 0 Å². The van der Waals surface area contributed by atoms with Crippen LogP contribution in [-0.4, -0.2) is 37.2 Å². The van der Waals surface area contributed by atoms with E-state index in [0.29, 0.717) is 41.4 Å². The Kier molecular flexibility index (Phi) is 5.56. The van der Waals surface area contributed by atoms with Crippen LogP contribution in [0.3, 0.4) is 0 Å². The number of ether oxygens (including phenoxy) is 1. The summed E-state index contributed by atoms with van der Waals surface area (Å²) in [7, 11) is 1.73. The lowest BCUT2D eigenvalue weighted by Crippen LogP contribution is -2.29. The number of nitrogens with zero attached hydrogens (tertiary/aromatic N) is 7. The van der Waals surface area contributed by atoms with E-state index >= 15 is 0 Å². The van der Waals surface area contributed by atoms with Crippen molar-refractivity contribution in [1.29, 1.82) is 0 Å². The van der Waals surface area contributed by atoms with Gasteiger partial charge in [0, 0.05) is 12.0 Å². The predicted molar refractivity (Wildman–Crippen MR) is 95.8 cm³/mol. The summed E-state index contributed by atoms with van der Waals surface area (Å²) in [5, 5.41) is 20.9. The summed E-state index contributed by atoms with van der Waals surface area (Å²) in [6.07, 6.45) is 2.77. The van der Waals surface area contributed by atoms with Gasteiger partial charge in [0.25, 0.3) is 0 Å². The third-order valence-corrected chi connectivity index (χ3v) is 4.78. The average molecular weight is 371 g/mol. The molecule has 2 aromatic heterocycles. The molecule has 1 aliphatic rings. The zero-order chi connectivity index (χ0) is 19.4. The van der Waals surface area contributed by atoms with Crippen molar-refractivity contribution in [2.75, 3.05) is 0 Å². The number of carboxylic acids is 1. The Bertz CT molecular complexity index is 889. The van der Waals surface area contributed by atoms with E-state index in [1.165, 1.54) is 0 Å². The number of hydrogen-bond acceptors (Lipinski definition) is 6. The summed E-state index contributed by atoms with van der Waals surface area (Å²) >= 11 is 0. The highest BCUT2D eigenvalue weighted by Gasteiger charge is 2.28. The maximum Gasteiger partial charge on any atom is 0.306 e. The number of rotatable bonds is 6. The van der Waals surface area contributed by atoms with Crippen molar-refractivity contribution in [3.8, 4) is 17.1 Å². The van der Waals surface area contributed by atoms with Crippen molar-refractivity contribution in [1.82, 2.24) is 20.0 Å². The fourth-order valence-electron chi connectivity index (χ4n) is 3.31. The molecule has 0 aromatic carbocycles. The molecule has 0 radical (unpaired) electrons. The van der Waals surface area contributed by atoms with Gasteiger partial charge in [0.15, 0.2) is 0 Å². The summed E-state index contributed by atoms with van der Waals surface area (Å²) in [6, 6.07) is 3.59. The van der Waals surface area contributed by atoms with E-state index < -0.39 is 5.97 Å². The number of aliphatic carboxylic acids is 1. The Morgan fingerprint density at radius 2 is 2.30 bits per heavy atom. The van der Waals surface area contributed by atoms with E-state index in [9.17, 15) is 9.90 Å². The smallest absolute Gasteiger partial charge is 0.306 e. The molecule has 3 rings (SSSR count). The van der Waals surface area contributed by atoms with Gasteiger partial charge in [-0.1, -0.05) is 10.3 Å². The van der Waals surface area contributed by atoms with Gasteiger partial charge in [0.1, 0.15) is 11.4 Å². The first-order valence-electron chi connectivity index (χ1n) is 8.76. The van der Waals surface area contributed by atoms with Crippen LogP contribution in [0, 0.1) is 12.8 Å². The monoisotopic (exact) mass is 371 g/mol. The van der Waals surface area contributed by atoms with Gasteiger partial charge in [-0.05, 0) is 50.3 Å².